The molecule has 1 N–H and O–H groups in total. The molecule has 3 nitrogen and oxygen atoms in total. The first kappa shape index (κ1) is 17.4. The van der Waals surface area contributed by atoms with Crippen molar-refractivity contribution in [3.05, 3.63) is 24.3 Å². The van der Waals surface area contributed by atoms with Gasteiger partial charge in [0.05, 0.1) is 11.8 Å². The first-order valence-corrected chi connectivity index (χ1v) is 5.99. The zero-order chi connectivity index (χ0) is 11.4. The van der Waals surface area contributed by atoms with Gasteiger partial charge in [0.15, 0.2) is 0 Å². The maximum absolute atomic E-state index is 5.84. The van der Waals surface area contributed by atoms with Crippen molar-refractivity contribution in [3.63, 3.8) is 0 Å². The second-order valence-corrected chi connectivity index (χ2v) is 4.37. The van der Waals surface area contributed by atoms with E-state index in [0.29, 0.717) is 0 Å². The van der Waals surface area contributed by atoms with E-state index in [2.05, 4.69) is 42.3 Å². The number of piperazine rings is 1. The molecule has 18 heavy (non-hydrogen) atoms. The van der Waals surface area contributed by atoms with E-state index in [1.807, 2.05) is 6.07 Å². The number of nitrogens with zero attached hydrogens (tertiary/aromatic N) is 1. The van der Waals surface area contributed by atoms with Crippen molar-refractivity contribution in [3.8, 4) is 5.75 Å². The molecule has 0 bridgehead atoms. The van der Waals surface area contributed by atoms with Gasteiger partial charge in [-0.1, -0.05) is 12.1 Å². The Hall–Kier alpha value is -0.640. The van der Waals surface area contributed by atoms with Crippen LogP contribution in [0.2, 0.25) is 0 Å². The van der Waals surface area contributed by atoms with Crippen LogP contribution in [-0.2, 0) is 0 Å². The summed E-state index contributed by atoms with van der Waals surface area (Å²) in [6.45, 7) is 8.34. The Kier molecular flexibility index (Phi) is 8.16. The van der Waals surface area contributed by atoms with E-state index in [4.69, 9.17) is 4.74 Å². The Morgan fingerprint density at radius 3 is 2.33 bits per heavy atom. The van der Waals surface area contributed by atoms with Crippen molar-refractivity contribution in [2.45, 2.75) is 20.0 Å². The summed E-state index contributed by atoms with van der Waals surface area (Å²) in [6.07, 6.45) is 0.226. The SMILES string of the molecule is CC(C)Oc1ccccc1N1CCNCC1.Cl.Cl. The molecule has 1 saturated heterocycles. The molecular weight excluding hydrogens is 271 g/mol. The zero-order valence-corrected chi connectivity index (χ0v) is 12.5. The van der Waals surface area contributed by atoms with Crippen LogP contribution in [-0.4, -0.2) is 32.3 Å². The third kappa shape index (κ3) is 4.56. The Labute approximate surface area is 122 Å². The predicted octanol–water partition coefficient (Wildman–Crippen LogP) is 2.73. The van der Waals surface area contributed by atoms with Crippen molar-refractivity contribution >= 4 is 30.5 Å². The van der Waals surface area contributed by atoms with Gasteiger partial charge in [-0.25, -0.2) is 0 Å². The highest BCUT2D eigenvalue weighted by Gasteiger charge is 2.14. The first-order chi connectivity index (χ1) is 7.77. The highest BCUT2D eigenvalue weighted by Crippen LogP contribution is 2.28. The van der Waals surface area contributed by atoms with Gasteiger partial charge in [-0.05, 0) is 26.0 Å². The standard InChI is InChI=1S/C13H20N2O.2ClH/c1-11(2)16-13-6-4-3-5-12(13)15-9-7-14-8-10-15;;/h3-6,11,14H,7-10H2,1-2H3;2*1H. The number of benzene rings is 1. The molecule has 2 rings (SSSR count). The van der Waals surface area contributed by atoms with Gasteiger partial charge in [0, 0.05) is 26.2 Å². The molecule has 104 valence electrons. The lowest BCUT2D eigenvalue weighted by Crippen LogP contribution is -2.43. The Balaban J connectivity index is 0.00000144. The molecule has 0 spiro atoms. The van der Waals surface area contributed by atoms with E-state index >= 15 is 0 Å². The van der Waals surface area contributed by atoms with Crippen LogP contribution >= 0.6 is 24.8 Å². The molecule has 0 atom stereocenters. The second-order valence-electron chi connectivity index (χ2n) is 4.37. The number of hydrogen-bond donors (Lipinski definition) is 1. The Morgan fingerprint density at radius 1 is 1.11 bits per heavy atom. The smallest absolute Gasteiger partial charge is 0.142 e. The molecule has 1 heterocycles. The van der Waals surface area contributed by atoms with Gasteiger partial charge in [-0.2, -0.15) is 0 Å². The van der Waals surface area contributed by atoms with Crippen molar-refractivity contribution in [2.24, 2.45) is 0 Å². The summed E-state index contributed by atoms with van der Waals surface area (Å²) in [5, 5.41) is 3.36. The quantitative estimate of drug-likeness (QED) is 0.927. The van der Waals surface area contributed by atoms with Crippen LogP contribution in [0, 0.1) is 0 Å². The van der Waals surface area contributed by atoms with Crippen LogP contribution in [0.15, 0.2) is 24.3 Å². The number of anilines is 1. The minimum absolute atomic E-state index is 0. The Morgan fingerprint density at radius 2 is 1.72 bits per heavy atom. The molecule has 0 saturated carbocycles. The molecule has 0 aromatic heterocycles. The average molecular weight is 293 g/mol. The van der Waals surface area contributed by atoms with Gasteiger partial charge in [0.1, 0.15) is 5.75 Å². The number of halogens is 2. The lowest BCUT2D eigenvalue weighted by atomic mass is 10.2. The van der Waals surface area contributed by atoms with E-state index in [1.54, 1.807) is 0 Å². The third-order valence-corrected chi connectivity index (χ3v) is 2.69. The highest BCUT2D eigenvalue weighted by atomic mass is 35.5. The third-order valence-electron chi connectivity index (χ3n) is 2.69. The van der Waals surface area contributed by atoms with E-state index in [9.17, 15) is 0 Å². The number of para-hydroxylation sites is 2. The summed E-state index contributed by atoms with van der Waals surface area (Å²) in [4.78, 5) is 2.38. The largest absolute Gasteiger partial charge is 0.489 e. The molecule has 0 amide bonds. The lowest BCUT2D eigenvalue weighted by molar-refractivity contribution is 0.242. The molecule has 1 aromatic rings. The number of rotatable bonds is 3. The monoisotopic (exact) mass is 292 g/mol. The fourth-order valence-electron chi connectivity index (χ4n) is 1.98. The van der Waals surface area contributed by atoms with Gasteiger partial charge < -0.3 is 15.0 Å². The van der Waals surface area contributed by atoms with Gasteiger partial charge in [-0.3, -0.25) is 0 Å². The molecule has 0 unspecified atom stereocenters. The molecule has 5 heteroatoms. The van der Waals surface area contributed by atoms with E-state index in [-0.39, 0.29) is 30.9 Å². The van der Waals surface area contributed by atoms with Crippen molar-refractivity contribution in [1.29, 1.82) is 0 Å². The maximum atomic E-state index is 5.84. The molecule has 0 radical (unpaired) electrons. The summed E-state index contributed by atoms with van der Waals surface area (Å²) in [5.74, 6) is 0.999. The van der Waals surface area contributed by atoms with Crippen LogP contribution in [0.1, 0.15) is 13.8 Å². The molecular formula is C13H22Cl2N2O. The van der Waals surface area contributed by atoms with Gasteiger partial charge >= 0.3 is 0 Å². The zero-order valence-electron chi connectivity index (χ0n) is 10.9. The topological polar surface area (TPSA) is 24.5 Å². The molecule has 1 aliphatic heterocycles. The first-order valence-electron chi connectivity index (χ1n) is 5.99. The summed E-state index contributed by atoms with van der Waals surface area (Å²) in [6, 6.07) is 8.30. The maximum Gasteiger partial charge on any atom is 0.142 e. The number of hydrogen-bond acceptors (Lipinski definition) is 3. The van der Waals surface area contributed by atoms with E-state index < -0.39 is 0 Å². The van der Waals surface area contributed by atoms with Crippen molar-refractivity contribution in [1.82, 2.24) is 5.32 Å². The fourth-order valence-corrected chi connectivity index (χ4v) is 1.98. The summed E-state index contributed by atoms with van der Waals surface area (Å²) in [7, 11) is 0. The minimum Gasteiger partial charge on any atom is -0.489 e. The molecule has 1 aromatic carbocycles. The van der Waals surface area contributed by atoms with Crippen LogP contribution in [0.25, 0.3) is 0 Å². The van der Waals surface area contributed by atoms with Gasteiger partial charge in [0.2, 0.25) is 0 Å². The van der Waals surface area contributed by atoms with E-state index in [1.165, 1.54) is 5.69 Å². The van der Waals surface area contributed by atoms with Crippen LogP contribution < -0.4 is 15.0 Å². The van der Waals surface area contributed by atoms with Crippen LogP contribution in [0.5, 0.6) is 5.75 Å². The summed E-state index contributed by atoms with van der Waals surface area (Å²) >= 11 is 0. The number of nitrogens with one attached hydrogen (secondary N) is 1. The minimum atomic E-state index is 0. The predicted molar refractivity (Wildman–Crippen MR) is 81.8 cm³/mol. The summed E-state index contributed by atoms with van der Waals surface area (Å²) < 4.78 is 5.84. The highest BCUT2D eigenvalue weighted by molar-refractivity contribution is 5.85. The number of ether oxygens (including phenoxy) is 1. The normalized spacial score (nSPS) is 14.7. The second kappa shape index (κ2) is 8.46. The fraction of sp³-hybridized carbons (Fsp3) is 0.538. The van der Waals surface area contributed by atoms with E-state index in [0.717, 1.165) is 31.9 Å². The average Bonchev–Trinajstić information content (AvgIpc) is 2.30. The van der Waals surface area contributed by atoms with Crippen LogP contribution in [0.3, 0.4) is 0 Å². The lowest BCUT2D eigenvalue weighted by Gasteiger charge is -2.31. The molecule has 1 fully saturated rings. The van der Waals surface area contributed by atoms with Crippen molar-refractivity contribution in [2.75, 3.05) is 31.1 Å². The van der Waals surface area contributed by atoms with Gasteiger partial charge in [-0.15, -0.1) is 24.8 Å². The molecule has 0 aliphatic carbocycles. The van der Waals surface area contributed by atoms with Crippen molar-refractivity contribution < 1.29 is 4.74 Å². The van der Waals surface area contributed by atoms with Gasteiger partial charge in [0.25, 0.3) is 0 Å². The van der Waals surface area contributed by atoms with Crippen LogP contribution in [0.4, 0.5) is 5.69 Å². The molecule has 1 aliphatic rings. The Bertz CT molecular complexity index is 342. The summed E-state index contributed by atoms with van der Waals surface area (Å²) in [5.41, 5.74) is 1.22.